The summed E-state index contributed by atoms with van der Waals surface area (Å²) in [5, 5.41) is 9.86. The molecule has 1 aromatic rings. The molecular formula is C17H20ClN3O2. The van der Waals surface area contributed by atoms with Crippen LogP contribution in [-0.2, 0) is 9.53 Å². The van der Waals surface area contributed by atoms with Gasteiger partial charge in [-0.2, -0.15) is 5.26 Å². The van der Waals surface area contributed by atoms with Gasteiger partial charge in [0, 0.05) is 24.7 Å². The summed E-state index contributed by atoms with van der Waals surface area (Å²) in [6.45, 7) is 2.30. The molecule has 0 saturated carbocycles. The highest BCUT2D eigenvalue weighted by atomic mass is 35.5. The van der Waals surface area contributed by atoms with Crippen LogP contribution in [0.15, 0.2) is 18.2 Å². The summed E-state index contributed by atoms with van der Waals surface area (Å²) in [4.78, 5) is 13.7. The normalized spacial score (nSPS) is 25.3. The third-order valence-electron chi connectivity index (χ3n) is 4.93. The molecule has 2 aliphatic heterocycles. The van der Waals surface area contributed by atoms with Gasteiger partial charge in [-0.25, -0.2) is 0 Å². The lowest BCUT2D eigenvalue weighted by atomic mass is 9.83. The molecule has 0 aromatic heterocycles. The van der Waals surface area contributed by atoms with E-state index in [-0.39, 0.29) is 17.9 Å². The van der Waals surface area contributed by atoms with Gasteiger partial charge in [0.15, 0.2) is 0 Å². The minimum atomic E-state index is -0.251. The summed E-state index contributed by atoms with van der Waals surface area (Å²) in [7, 11) is 0. The van der Waals surface area contributed by atoms with Crippen molar-refractivity contribution in [3.8, 4) is 6.07 Å². The van der Waals surface area contributed by atoms with Crippen molar-refractivity contribution in [3.63, 3.8) is 0 Å². The average molecular weight is 334 g/mol. The zero-order valence-electron chi connectivity index (χ0n) is 12.9. The number of carbonyl (C=O) groups is 1. The second kappa shape index (κ2) is 6.77. The molecule has 122 valence electrons. The molecule has 0 radical (unpaired) electrons. The molecule has 5 nitrogen and oxygen atoms in total. The minimum absolute atomic E-state index is 0.0460. The standard InChI is InChI=1S/C17H20ClN3O2/c18-13-1-2-15(12(9-13)10-19)21-6-3-11(4-7-21)16-14(17(20)22)5-8-23-16/h1-2,9,11,14,16H,3-8H2,(H2,20,22)/t14-,16+/m0/s1. The first-order valence-corrected chi connectivity index (χ1v) is 8.33. The van der Waals surface area contributed by atoms with Crippen LogP contribution >= 0.6 is 11.6 Å². The Balaban J connectivity index is 1.67. The summed E-state index contributed by atoms with van der Waals surface area (Å²) in [6.07, 6.45) is 2.55. The quantitative estimate of drug-likeness (QED) is 0.920. The predicted molar refractivity (Wildman–Crippen MR) is 88.1 cm³/mol. The number of piperidine rings is 1. The summed E-state index contributed by atoms with van der Waals surface area (Å²) < 4.78 is 5.78. The van der Waals surface area contributed by atoms with Gasteiger partial charge in [-0.15, -0.1) is 0 Å². The molecular weight excluding hydrogens is 314 g/mol. The van der Waals surface area contributed by atoms with Crippen molar-refractivity contribution in [2.24, 2.45) is 17.6 Å². The lowest BCUT2D eigenvalue weighted by Crippen LogP contribution is -2.42. The van der Waals surface area contributed by atoms with Crippen molar-refractivity contribution >= 4 is 23.2 Å². The van der Waals surface area contributed by atoms with Gasteiger partial charge in [0.25, 0.3) is 0 Å². The van der Waals surface area contributed by atoms with Gasteiger partial charge in [0.05, 0.1) is 23.3 Å². The topological polar surface area (TPSA) is 79.3 Å². The van der Waals surface area contributed by atoms with E-state index in [0.717, 1.165) is 38.0 Å². The number of anilines is 1. The first-order valence-electron chi connectivity index (χ1n) is 7.95. The fraction of sp³-hybridized carbons (Fsp3) is 0.529. The smallest absolute Gasteiger partial charge is 0.223 e. The second-order valence-corrected chi connectivity index (χ2v) is 6.67. The molecule has 2 aliphatic rings. The number of nitrogens with zero attached hydrogens (tertiary/aromatic N) is 2. The third-order valence-corrected chi connectivity index (χ3v) is 5.16. The Labute approximate surface area is 141 Å². The Morgan fingerprint density at radius 2 is 2.09 bits per heavy atom. The first-order chi connectivity index (χ1) is 11.1. The van der Waals surface area contributed by atoms with Crippen LogP contribution in [0, 0.1) is 23.2 Å². The van der Waals surface area contributed by atoms with E-state index in [1.807, 2.05) is 12.1 Å². The van der Waals surface area contributed by atoms with Gasteiger partial charge < -0.3 is 15.4 Å². The number of rotatable bonds is 3. The van der Waals surface area contributed by atoms with E-state index in [9.17, 15) is 10.1 Å². The summed E-state index contributed by atoms with van der Waals surface area (Å²) in [5.74, 6) is -0.0553. The Kier molecular flexibility index (Phi) is 4.74. The second-order valence-electron chi connectivity index (χ2n) is 6.23. The van der Waals surface area contributed by atoms with Crippen LogP contribution in [-0.4, -0.2) is 31.7 Å². The lowest BCUT2D eigenvalue weighted by Gasteiger charge is -2.37. The summed E-state index contributed by atoms with van der Waals surface area (Å²) in [5.41, 5.74) is 7.01. The van der Waals surface area contributed by atoms with Crippen molar-refractivity contribution < 1.29 is 9.53 Å². The predicted octanol–water partition coefficient (Wildman–Crippen LogP) is 2.32. The maximum Gasteiger partial charge on any atom is 0.223 e. The van der Waals surface area contributed by atoms with Crippen molar-refractivity contribution in [3.05, 3.63) is 28.8 Å². The SMILES string of the molecule is N#Cc1cc(Cl)ccc1N1CCC([C@H]2OCC[C@@H]2C(N)=O)CC1. The van der Waals surface area contributed by atoms with Crippen LogP contribution in [0.4, 0.5) is 5.69 Å². The van der Waals surface area contributed by atoms with Crippen LogP contribution in [0.1, 0.15) is 24.8 Å². The molecule has 0 unspecified atom stereocenters. The number of ether oxygens (including phenoxy) is 1. The van der Waals surface area contributed by atoms with Crippen LogP contribution in [0.25, 0.3) is 0 Å². The zero-order chi connectivity index (χ0) is 16.4. The maximum absolute atomic E-state index is 11.5. The molecule has 2 atom stereocenters. The number of halogens is 1. The molecule has 0 aliphatic carbocycles. The first kappa shape index (κ1) is 16.1. The van der Waals surface area contributed by atoms with Crippen LogP contribution in [0.5, 0.6) is 0 Å². The molecule has 3 rings (SSSR count). The van der Waals surface area contributed by atoms with E-state index in [4.69, 9.17) is 22.1 Å². The Morgan fingerprint density at radius 1 is 1.35 bits per heavy atom. The highest BCUT2D eigenvalue weighted by Crippen LogP contribution is 2.35. The largest absolute Gasteiger partial charge is 0.377 e. The molecule has 2 heterocycles. The van der Waals surface area contributed by atoms with Crippen molar-refractivity contribution in [1.82, 2.24) is 0 Å². The van der Waals surface area contributed by atoms with Gasteiger partial charge in [-0.3, -0.25) is 4.79 Å². The molecule has 2 fully saturated rings. The number of benzene rings is 1. The lowest BCUT2D eigenvalue weighted by molar-refractivity contribution is -0.124. The van der Waals surface area contributed by atoms with Crippen LogP contribution in [0.2, 0.25) is 5.02 Å². The van der Waals surface area contributed by atoms with Gasteiger partial charge in [0.1, 0.15) is 6.07 Å². The van der Waals surface area contributed by atoms with E-state index in [0.29, 0.717) is 23.1 Å². The van der Waals surface area contributed by atoms with Crippen LogP contribution in [0.3, 0.4) is 0 Å². The minimum Gasteiger partial charge on any atom is -0.377 e. The van der Waals surface area contributed by atoms with Crippen molar-refractivity contribution in [2.75, 3.05) is 24.6 Å². The maximum atomic E-state index is 11.5. The number of carbonyl (C=O) groups excluding carboxylic acids is 1. The monoisotopic (exact) mass is 333 g/mol. The highest BCUT2D eigenvalue weighted by Gasteiger charge is 2.39. The zero-order valence-corrected chi connectivity index (χ0v) is 13.6. The number of hydrogen-bond acceptors (Lipinski definition) is 4. The summed E-state index contributed by atoms with van der Waals surface area (Å²) in [6, 6.07) is 7.63. The number of nitrogens with two attached hydrogens (primary N) is 1. The van der Waals surface area contributed by atoms with E-state index < -0.39 is 0 Å². The Morgan fingerprint density at radius 3 is 2.74 bits per heavy atom. The van der Waals surface area contributed by atoms with Gasteiger partial charge in [0.2, 0.25) is 5.91 Å². The van der Waals surface area contributed by atoms with Crippen molar-refractivity contribution in [2.45, 2.75) is 25.4 Å². The molecule has 1 amide bonds. The summed E-state index contributed by atoms with van der Waals surface area (Å²) >= 11 is 5.96. The fourth-order valence-electron chi connectivity index (χ4n) is 3.72. The fourth-order valence-corrected chi connectivity index (χ4v) is 3.89. The van der Waals surface area contributed by atoms with E-state index >= 15 is 0 Å². The van der Waals surface area contributed by atoms with E-state index in [1.165, 1.54) is 0 Å². The van der Waals surface area contributed by atoms with E-state index in [2.05, 4.69) is 11.0 Å². The van der Waals surface area contributed by atoms with E-state index in [1.54, 1.807) is 6.07 Å². The number of hydrogen-bond donors (Lipinski definition) is 1. The molecule has 23 heavy (non-hydrogen) atoms. The van der Waals surface area contributed by atoms with Crippen molar-refractivity contribution in [1.29, 1.82) is 5.26 Å². The molecule has 1 aromatic carbocycles. The Hall–Kier alpha value is -1.77. The van der Waals surface area contributed by atoms with Gasteiger partial charge in [-0.05, 0) is 43.4 Å². The highest BCUT2D eigenvalue weighted by molar-refractivity contribution is 6.30. The third kappa shape index (κ3) is 3.29. The molecule has 0 spiro atoms. The number of primary amides is 1. The molecule has 2 saturated heterocycles. The number of nitriles is 1. The van der Waals surface area contributed by atoms with Gasteiger partial charge in [-0.1, -0.05) is 11.6 Å². The molecule has 2 N–H and O–H groups in total. The molecule has 6 heteroatoms. The van der Waals surface area contributed by atoms with Gasteiger partial charge >= 0.3 is 0 Å². The average Bonchev–Trinajstić information content (AvgIpc) is 3.05. The number of amides is 1. The Bertz CT molecular complexity index is 635. The van der Waals surface area contributed by atoms with Crippen LogP contribution < -0.4 is 10.6 Å². The molecule has 0 bridgehead atoms.